The van der Waals surface area contributed by atoms with E-state index in [2.05, 4.69) is 4.98 Å². The highest BCUT2D eigenvalue weighted by molar-refractivity contribution is 6.31. The van der Waals surface area contributed by atoms with Gasteiger partial charge in [0.15, 0.2) is 5.76 Å². The van der Waals surface area contributed by atoms with E-state index in [-0.39, 0.29) is 22.5 Å². The molecule has 0 unspecified atom stereocenters. The molecule has 5 nitrogen and oxygen atoms in total. The van der Waals surface area contributed by atoms with E-state index in [1.165, 1.54) is 30.6 Å². The van der Waals surface area contributed by atoms with Gasteiger partial charge in [-0.05, 0) is 30.3 Å². The number of carbonyl (C=O) groups is 1. The number of halogens is 1. The molecular formula is C21H12ClNO4. The highest BCUT2D eigenvalue weighted by Crippen LogP contribution is 2.32. The SMILES string of the molecule is O=C(Oc1c(-c2ccccc2)oc2ccc(Cl)cc2c1=O)c1ccncc1. The zero-order chi connectivity index (χ0) is 18.8. The van der Waals surface area contributed by atoms with Gasteiger partial charge in [-0.15, -0.1) is 0 Å². The zero-order valence-electron chi connectivity index (χ0n) is 13.9. The fourth-order valence-corrected chi connectivity index (χ4v) is 2.83. The Balaban J connectivity index is 1.92. The smallest absolute Gasteiger partial charge is 0.343 e. The lowest BCUT2D eigenvalue weighted by Crippen LogP contribution is -2.16. The van der Waals surface area contributed by atoms with Crippen LogP contribution in [0.5, 0.6) is 5.75 Å². The standard InChI is InChI=1S/C21H12ClNO4/c22-15-6-7-17-16(12-15)18(24)20(19(26-17)13-4-2-1-3-5-13)27-21(25)14-8-10-23-11-9-14/h1-12H. The average molecular weight is 378 g/mol. The number of hydrogen-bond acceptors (Lipinski definition) is 5. The first-order valence-corrected chi connectivity index (χ1v) is 8.45. The number of pyridine rings is 1. The summed E-state index contributed by atoms with van der Waals surface area (Å²) < 4.78 is 11.4. The predicted octanol–water partition coefficient (Wildman–Crippen LogP) is 4.73. The molecule has 0 saturated carbocycles. The molecule has 132 valence electrons. The summed E-state index contributed by atoms with van der Waals surface area (Å²) in [7, 11) is 0. The van der Waals surface area contributed by atoms with Crippen LogP contribution in [0, 0.1) is 0 Å². The molecule has 4 aromatic rings. The Morgan fingerprint density at radius 2 is 1.74 bits per heavy atom. The number of nitrogens with zero attached hydrogens (tertiary/aromatic N) is 1. The second-order valence-electron chi connectivity index (χ2n) is 5.72. The van der Waals surface area contributed by atoms with E-state index >= 15 is 0 Å². The molecule has 2 aromatic heterocycles. The van der Waals surface area contributed by atoms with Gasteiger partial charge in [0.05, 0.1) is 10.9 Å². The van der Waals surface area contributed by atoms with Gasteiger partial charge >= 0.3 is 5.97 Å². The van der Waals surface area contributed by atoms with Crippen molar-refractivity contribution in [1.82, 2.24) is 4.98 Å². The molecule has 0 aliphatic carbocycles. The summed E-state index contributed by atoms with van der Waals surface area (Å²) in [6, 6.07) is 16.7. The first-order valence-electron chi connectivity index (χ1n) is 8.07. The molecule has 0 spiro atoms. The molecule has 0 atom stereocenters. The van der Waals surface area contributed by atoms with Crippen LogP contribution in [-0.2, 0) is 0 Å². The number of ether oxygens (including phenoxy) is 1. The van der Waals surface area contributed by atoms with Crippen LogP contribution in [-0.4, -0.2) is 11.0 Å². The van der Waals surface area contributed by atoms with E-state index in [4.69, 9.17) is 20.8 Å². The number of carbonyl (C=O) groups excluding carboxylic acids is 1. The zero-order valence-corrected chi connectivity index (χ0v) is 14.6. The maximum atomic E-state index is 13.0. The summed E-state index contributed by atoms with van der Waals surface area (Å²) in [5, 5.41) is 0.619. The summed E-state index contributed by atoms with van der Waals surface area (Å²) in [5.41, 5.74) is 0.769. The molecule has 0 amide bonds. The van der Waals surface area contributed by atoms with Crippen molar-refractivity contribution in [2.75, 3.05) is 0 Å². The lowest BCUT2D eigenvalue weighted by Gasteiger charge is -2.10. The molecule has 0 saturated heterocycles. The summed E-state index contributed by atoms with van der Waals surface area (Å²) in [5.74, 6) is -0.682. The van der Waals surface area contributed by atoms with Gasteiger partial charge in [0.1, 0.15) is 5.58 Å². The Hall–Kier alpha value is -3.44. The van der Waals surface area contributed by atoms with E-state index in [0.29, 0.717) is 16.2 Å². The number of benzene rings is 2. The minimum Gasteiger partial charge on any atom is -0.452 e. The molecule has 0 fully saturated rings. The molecule has 2 aromatic carbocycles. The molecule has 4 rings (SSSR count). The number of esters is 1. The summed E-state index contributed by atoms with van der Waals surface area (Å²) in [6.45, 7) is 0. The molecule has 0 aliphatic heterocycles. The van der Waals surface area contributed by atoms with Crippen molar-refractivity contribution >= 4 is 28.5 Å². The molecule has 27 heavy (non-hydrogen) atoms. The van der Waals surface area contributed by atoms with Crippen molar-refractivity contribution in [2.45, 2.75) is 0 Å². The third-order valence-corrected chi connectivity index (χ3v) is 4.19. The first kappa shape index (κ1) is 17.0. The number of aromatic nitrogens is 1. The topological polar surface area (TPSA) is 69.4 Å². The molecule has 2 heterocycles. The van der Waals surface area contributed by atoms with E-state index in [1.807, 2.05) is 6.07 Å². The minimum atomic E-state index is -0.678. The first-order chi connectivity index (χ1) is 13.1. The average Bonchev–Trinajstić information content (AvgIpc) is 2.71. The second kappa shape index (κ2) is 7.05. The fourth-order valence-electron chi connectivity index (χ4n) is 2.66. The van der Waals surface area contributed by atoms with E-state index in [9.17, 15) is 9.59 Å². The van der Waals surface area contributed by atoms with Crippen LogP contribution in [0.3, 0.4) is 0 Å². The normalized spacial score (nSPS) is 10.7. The van der Waals surface area contributed by atoms with Crippen LogP contribution in [0.15, 0.2) is 82.3 Å². The van der Waals surface area contributed by atoms with Crippen molar-refractivity contribution in [3.8, 4) is 17.1 Å². The lowest BCUT2D eigenvalue weighted by atomic mass is 10.1. The number of fused-ring (bicyclic) bond motifs is 1. The van der Waals surface area contributed by atoms with Crippen LogP contribution in [0.4, 0.5) is 0 Å². The summed E-state index contributed by atoms with van der Waals surface area (Å²) in [6.07, 6.45) is 2.94. The van der Waals surface area contributed by atoms with Gasteiger partial charge in [-0.3, -0.25) is 9.78 Å². The number of hydrogen-bond donors (Lipinski definition) is 0. The van der Waals surface area contributed by atoms with E-state index in [1.54, 1.807) is 36.4 Å². The Bertz CT molecular complexity index is 1190. The highest BCUT2D eigenvalue weighted by Gasteiger charge is 2.21. The lowest BCUT2D eigenvalue weighted by molar-refractivity contribution is 0.0731. The molecule has 0 aliphatic rings. The minimum absolute atomic E-state index is 0.179. The van der Waals surface area contributed by atoms with Gasteiger partial charge in [0.25, 0.3) is 0 Å². The Morgan fingerprint density at radius 1 is 1.00 bits per heavy atom. The Morgan fingerprint density at radius 3 is 2.48 bits per heavy atom. The maximum Gasteiger partial charge on any atom is 0.343 e. The van der Waals surface area contributed by atoms with Crippen LogP contribution < -0.4 is 10.2 Å². The largest absolute Gasteiger partial charge is 0.452 e. The van der Waals surface area contributed by atoms with Gasteiger partial charge in [0.2, 0.25) is 11.2 Å². The van der Waals surface area contributed by atoms with Crippen molar-refractivity contribution in [2.24, 2.45) is 0 Å². The fraction of sp³-hybridized carbons (Fsp3) is 0. The van der Waals surface area contributed by atoms with Crippen molar-refractivity contribution in [3.05, 3.63) is 93.9 Å². The van der Waals surface area contributed by atoms with Gasteiger partial charge in [-0.1, -0.05) is 41.9 Å². The quantitative estimate of drug-likeness (QED) is 0.483. The van der Waals surface area contributed by atoms with Gasteiger partial charge in [-0.2, -0.15) is 0 Å². The van der Waals surface area contributed by atoms with Crippen molar-refractivity contribution in [1.29, 1.82) is 0 Å². The van der Waals surface area contributed by atoms with Gasteiger partial charge < -0.3 is 9.15 Å². The van der Waals surface area contributed by atoms with Gasteiger partial charge in [-0.25, -0.2) is 4.79 Å². The van der Waals surface area contributed by atoms with E-state index in [0.717, 1.165) is 0 Å². The third kappa shape index (κ3) is 3.32. The van der Waals surface area contributed by atoms with Gasteiger partial charge in [0, 0.05) is 23.0 Å². The highest BCUT2D eigenvalue weighted by atomic mass is 35.5. The van der Waals surface area contributed by atoms with E-state index < -0.39 is 11.4 Å². The third-order valence-electron chi connectivity index (χ3n) is 3.96. The molecular weight excluding hydrogens is 366 g/mol. The summed E-state index contributed by atoms with van der Waals surface area (Å²) in [4.78, 5) is 29.4. The molecule has 0 bridgehead atoms. The van der Waals surface area contributed by atoms with Crippen molar-refractivity contribution in [3.63, 3.8) is 0 Å². The molecule has 0 N–H and O–H groups in total. The number of rotatable bonds is 3. The second-order valence-corrected chi connectivity index (χ2v) is 6.16. The summed E-state index contributed by atoms with van der Waals surface area (Å²) >= 11 is 6.01. The van der Waals surface area contributed by atoms with Crippen LogP contribution in [0.25, 0.3) is 22.3 Å². The Labute approximate surface area is 158 Å². The van der Waals surface area contributed by atoms with Crippen LogP contribution in [0.1, 0.15) is 10.4 Å². The maximum absolute atomic E-state index is 13.0. The Kier molecular flexibility index (Phi) is 4.44. The monoisotopic (exact) mass is 377 g/mol. The predicted molar refractivity (Wildman–Crippen MR) is 102 cm³/mol. The molecule has 6 heteroatoms. The van der Waals surface area contributed by atoms with Crippen LogP contribution >= 0.6 is 11.6 Å². The van der Waals surface area contributed by atoms with Crippen molar-refractivity contribution < 1.29 is 13.9 Å². The molecule has 0 radical (unpaired) electrons. The van der Waals surface area contributed by atoms with Crippen LogP contribution in [0.2, 0.25) is 5.02 Å².